The van der Waals surface area contributed by atoms with E-state index in [4.69, 9.17) is 14.6 Å². The van der Waals surface area contributed by atoms with Crippen molar-refractivity contribution in [2.24, 2.45) is 17.8 Å². The Hall–Kier alpha value is -0.610. The number of carboxylic acids is 1. The molecular weight excluding hydrogens is 256 g/mol. The molecule has 0 aromatic carbocycles. The summed E-state index contributed by atoms with van der Waals surface area (Å²) >= 11 is 0. The molecule has 1 aliphatic heterocycles. The van der Waals surface area contributed by atoms with Crippen LogP contribution in [0.1, 0.15) is 58.3 Å². The maximum atomic E-state index is 10.8. The highest BCUT2D eigenvalue weighted by Crippen LogP contribution is 2.36. The van der Waals surface area contributed by atoms with Gasteiger partial charge in [-0.2, -0.15) is 0 Å². The number of carbonyl (C=O) groups is 1. The van der Waals surface area contributed by atoms with Gasteiger partial charge in [0.05, 0.1) is 13.2 Å². The van der Waals surface area contributed by atoms with E-state index >= 15 is 0 Å². The fraction of sp³-hybridized carbons (Fsp3) is 0.938. The van der Waals surface area contributed by atoms with Gasteiger partial charge in [-0.25, -0.2) is 0 Å². The Morgan fingerprint density at radius 2 is 1.75 bits per heavy atom. The van der Waals surface area contributed by atoms with Crippen LogP contribution in [0.2, 0.25) is 0 Å². The fourth-order valence-corrected chi connectivity index (χ4v) is 3.37. The zero-order valence-corrected chi connectivity index (χ0v) is 12.6. The molecule has 2 rings (SSSR count). The second-order valence-electron chi connectivity index (χ2n) is 6.35. The van der Waals surface area contributed by atoms with E-state index in [0.29, 0.717) is 19.1 Å². The molecule has 0 aromatic heterocycles. The first-order valence-corrected chi connectivity index (χ1v) is 8.16. The van der Waals surface area contributed by atoms with Crippen molar-refractivity contribution in [2.75, 3.05) is 13.2 Å². The summed E-state index contributed by atoms with van der Waals surface area (Å²) in [5.41, 5.74) is 0. The normalized spacial score (nSPS) is 34.9. The molecule has 1 saturated carbocycles. The summed E-state index contributed by atoms with van der Waals surface area (Å²) < 4.78 is 11.2. The van der Waals surface area contributed by atoms with Gasteiger partial charge in [-0.1, -0.05) is 32.6 Å². The van der Waals surface area contributed by atoms with Gasteiger partial charge in [-0.15, -0.1) is 0 Å². The van der Waals surface area contributed by atoms with Gasteiger partial charge in [0, 0.05) is 5.92 Å². The molecule has 4 heteroatoms. The first-order chi connectivity index (χ1) is 9.70. The van der Waals surface area contributed by atoms with Crippen molar-refractivity contribution < 1.29 is 19.4 Å². The van der Waals surface area contributed by atoms with Crippen molar-refractivity contribution >= 4 is 5.97 Å². The zero-order chi connectivity index (χ0) is 14.4. The Balaban J connectivity index is 1.65. The van der Waals surface area contributed by atoms with Crippen LogP contribution in [0.4, 0.5) is 0 Å². The van der Waals surface area contributed by atoms with E-state index in [2.05, 4.69) is 6.92 Å². The first kappa shape index (κ1) is 15.8. The van der Waals surface area contributed by atoms with Crippen LogP contribution in [0.5, 0.6) is 0 Å². The minimum atomic E-state index is -0.817. The topological polar surface area (TPSA) is 55.8 Å². The molecular formula is C16H28O4. The molecule has 2 aliphatic rings. The lowest BCUT2D eigenvalue weighted by Gasteiger charge is -2.36. The fourth-order valence-electron chi connectivity index (χ4n) is 3.37. The minimum Gasteiger partial charge on any atom is -0.481 e. The van der Waals surface area contributed by atoms with Gasteiger partial charge in [0.1, 0.15) is 5.92 Å². The number of ether oxygens (including phenoxy) is 2. The van der Waals surface area contributed by atoms with E-state index < -0.39 is 11.9 Å². The molecule has 0 bridgehead atoms. The predicted molar refractivity (Wildman–Crippen MR) is 76.4 cm³/mol. The summed E-state index contributed by atoms with van der Waals surface area (Å²) in [6.45, 7) is 2.85. The van der Waals surface area contributed by atoms with Crippen LogP contribution in [0.3, 0.4) is 0 Å². The molecule has 1 heterocycles. The number of hydrogen-bond donors (Lipinski definition) is 1. The second kappa shape index (κ2) is 7.99. The Labute approximate surface area is 121 Å². The molecule has 0 atom stereocenters. The lowest BCUT2D eigenvalue weighted by atomic mass is 9.79. The maximum absolute atomic E-state index is 10.8. The van der Waals surface area contributed by atoms with Crippen LogP contribution < -0.4 is 0 Å². The largest absolute Gasteiger partial charge is 0.481 e. The van der Waals surface area contributed by atoms with Crippen LogP contribution >= 0.6 is 0 Å². The number of hydrogen-bond acceptors (Lipinski definition) is 3. The lowest BCUT2D eigenvalue weighted by molar-refractivity contribution is -0.231. The molecule has 116 valence electrons. The number of aliphatic carboxylic acids is 1. The van der Waals surface area contributed by atoms with Gasteiger partial charge >= 0.3 is 5.97 Å². The van der Waals surface area contributed by atoms with E-state index in [-0.39, 0.29) is 6.29 Å². The molecule has 0 unspecified atom stereocenters. The van der Waals surface area contributed by atoms with Crippen molar-refractivity contribution in [2.45, 2.75) is 64.6 Å². The molecule has 0 radical (unpaired) electrons. The van der Waals surface area contributed by atoms with E-state index in [1.54, 1.807) is 0 Å². The van der Waals surface area contributed by atoms with Gasteiger partial charge in [0.2, 0.25) is 0 Å². The summed E-state index contributed by atoms with van der Waals surface area (Å²) in [7, 11) is 0. The average molecular weight is 284 g/mol. The van der Waals surface area contributed by atoms with Crippen molar-refractivity contribution in [3.8, 4) is 0 Å². The highest BCUT2D eigenvalue weighted by Gasteiger charge is 2.34. The van der Waals surface area contributed by atoms with E-state index in [1.165, 1.54) is 51.4 Å². The number of unbranched alkanes of at least 4 members (excludes halogenated alkanes) is 2. The smallest absolute Gasteiger partial charge is 0.311 e. The van der Waals surface area contributed by atoms with Crippen LogP contribution in [-0.4, -0.2) is 30.6 Å². The van der Waals surface area contributed by atoms with E-state index in [1.807, 2.05) is 0 Å². The van der Waals surface area contributed by atoms with Crippen molar-refractivity contribution in [1.82, 2.24) is 0 Å². The molecule has 0 amide bonds. The molecule has 0 spiro atoms. The Kier molecular flexibility index (Phi) is 6.30. The lowest BCUT2D eigenvalue weighted by Crippen LogP contribution is -2.41. The molecule has 20 heavy (non-hydrogen) atoms. The molecule has 1 N–H and O–H groups in total. The van der Waals surface area contributed by atoms with Crippen LogP contribution in [0, 0.1) is 17.8 Å². The minimum absolute atomic E-state index is 0.165. The van der Waals surface area contributed by atoms with Crippen molar-refractivity contribution in [3.05, 3.63) is 0 Å². The number of carboxylic acid groups (broad SMARTS) is 1. The molecule has 0 aromatic rings. The van der Waals surface area contributed by atoms with Gasteiger partial charge < -0.3 is 14.6 Å². The van der Waals surface area contributed by atoms with Gasteiger partial charge in [-0.3, -0.25) is 4.79 Å². The third kappa shape index (κ3) is 4.45. The van der Waals surface area contributed by atoms with Gasteiger partial charge in [0.25, 0.3) is 0 Å². The molecule has 1 aliphatic carbocycles. The SMILES string of the molecule is CCCCC[C@H]1CC[C@H](C2OCC(C(=O)O)CO2)CC1. The zero-order valence-electron chi connectivity index (χ0n) is 12.6. The van der Waals surface area contributed by atoms with Crippen LogP contribution in [-0.2, 0) is 14.3 Å². The molecule has 4 nitrogen and oxygen atoms in total. The third-order valence-corrected chi connectivity index (χ3v) is 4.76. The Morgan fingerprint density at radius 1 is 1.10 bits per heavy atom. The highest BCUT2D eigenvalue weighted by molar-refractivity contribution is 5.70. The van der Waals surface area contributed by atoms with Crippen molar-refractivity contribution in [3.63, 3.8) is 0 Å². The number of rotatable bonds is 6. The first-order valence-electron chi connectivity index (χ1n) is 8.16. The van der Waals surface area contributed by atoms with Crippen LogP contribution in [0.25, 0.3) is 0 Å². The quantitative estimate of drug-likeness (QED) is 0.759. The van der Waals surface area contributed by atoms with Crippen molar-refractivity contribution in [1.29, 1.82) is 0 Å². The Morgan fingerprint density at radius 3 is 2.30 bits per heavy atom. The molecule has 1 saturated heterocycles. The summed E-state index contributed by atoms with van der Waals surface area (Å²) in [5.74, 6) is 0.0417. The van der Waals surface area contributed by atoms with E-state index in [9.17, 15) is 4.79 Å². The summed E-state index contributed by atoms with van der Waals surface area (Å²) in [4.78, 5) is 10.8. The maximum Gasteiger partial charge on any atom is 0.311 e. The Bertz CT molecular complexity index is 289. The standard InChI is InChI=1S/C16H28O4/c1-2-3-4-5-12-6-8-13(9-7-12)16-19-10-14(11-20-16)15(17)18/h12-14,16H,2-11H2,1H3,(H,17,18)/t12-,13-,14?,16?. The second-order valence-corrected chi connectivity index (χ2v) is 6.35. The summed E-state index contributed by atoms with van der Waals surface area (Å²) in [6.07, 6.45) is 10.1. The predicted octanol–water partition coefficient (Wildman–Crippen LogP) is 3.45. The highest BCUT2D eigenvalue weighted by atomic mass is 16.7. The molecule has 2 fully saturated rings. The summed E-state index contributed by atoms with van der Waals surface area (Å²) in [5, 5.41) is 8.91. The monoisotopic (exact) mass is 284 g/mol. The van der Waals surface area contributed by atoms with Gasteiger partial charge in [-0.05, 0) is 31.6 Å². The summed E-state index contributed by atoms with van der Waals surface area (Å²) in [6, 6.07) is 0. The van der Waals surface area contributed by atoms with E-state index in [0.717, 1.165) is 5.92 Å². The average Bonchev–Trinajstić information content (AvgIpc) is 2.48. The third-order valence-electron chi connectivity index (χ3n) is 4.76. The van der Waals surface area contributed by atoms with Gasteiger partial charge in [0.15, 0.2) is 6.29 Å². The van der Waals surface area contributed by atoms with Crippen LogP contribution in [0.15, 0.2) is 0 Å².